The van der Waals surface area contributed by atoms with Crippen molar-refractivity contribution in [2.24, 2.45) is 0 Å². The summed E-state index contributed by atoms with van der Waals surface area (Å²) in [5.74, 6) is 0. The molecule has 1 aromatic rings. The molecule has 1 fully saturated rings. The van der Waals surface area contributed by atoms with E-state index in [9.17, 15) is 4.79 Å². The molecular formula is C15H26N4OS. The maximum atomic E-state index is 12.2. The summed E-state index contributed by atoms with van der Waals surface area (Å²) in [5.41, 5.74) is 2.35. The van der Waals surface area contributed by atoms with Crippen LogP contribution in [0.3, 0.4) is 0 Å². The van der Waals surface area contributed by atoms with Crippen LogP contribution in [0.1, 0.15) is 36.9 Å². The Balaban J connectivity index is 1.70. The largest absolute Gasteiger partial charge is 0.338 e. The second-order valence-corrected chi connectivity index (χ2v) is 6.82. The fourth-order valence-electron chi connectivity index (χ4n) is 3.00. The zero-order chi connectivity index (χ0) is 15.2. The van der Waals surface area contributed by atoms with Gasteiger partial charge in [0.15, 0.2) is 0 Å². The van der Waals surface area contributed by atoms with E-state index in [0.29, 0.717) is 17.8 Å². The van der Waals surface area contributed by atoms with Gasteiger partial charge in [-0.1, -0.05) is 6.42 Å². The van der Waals surface area contributed by atoms with Gasteiger partial charge < -0.3 is 10.2 Å². The molecule has 1 saturated carbocycles. The van der Waals surface area contributed by atoms with Gasteiger partial charge in [-0.15, -0.1) is 0 Å². The summed E-state index contributed by atoms with van der Waals surface area (Å²) in [6.07, 6.45) is 9.48. The van der Waals surface area contributed by atoms with E-state index in [1.807, 2.05) is 36.8 Å². The maximum absolute atomic E-state index is 12.2. The number of aryl methyl sites for hydroxylation is 2. The van der Waals surface area contributed by atoms with E-state index in [1.54, 1.807) is 0 Å². The number of nitrogens with one attached hydrogen (secondary N) is 2. The van der Waals surface area contributed by atoms with Crippen LogP contribution in [0, 0.1) is 6.92 Å². The molecule has 1 aromatic heterocycles. The van der Waals surface area contributed by atoms with E-state index in [-0.39, 0.29) is 6.03 Å². The van der Waals surface area contributed by atoms with Crippen LogP contribution in [-0.4, -0.2) is 52.3 Å². The van der Waals surface area contributed by atoms with Crippen LogP contribution in [-0.2, 0) is 6.42 Å². The Morgan fingerprint density at radius 3 is 3.05 bits per heavy atom. The van der Waals surface area contributed by atoms with Gasteiger partial charge in [0.2, 0.25) is 0 Å². The number of rotatable bonds is 6. The average molecular weight is 310 g/mol. The third kappa shape index (κ3) is 4.15. The minimum Gasteiger partial charge on any atom is -0.338 e. The summed E-state index contributed by atoms with van der Waals surface area (Å²) in [6, 6.07) is 0.445. The number of nitrogens with zero attached hydrogens (tertiary/aromatic N) is 2. The van der Waals surface area contributed by atoms with E-state index in [1.165, 1.54) is 18.4 Å². The monoisotopic (exact) mass is 310 g/mol. The van der Waals surface area contributed by atoms with E-state index in [0.717, 1.165) is 25.0 Å². The Kier molecular flexibility index (Phi) is 5.96. The molecule has 0 radical (unpaired) electrons. The standard InChI is InChI=1S/C15H26N4OS/c1-11-12(10-17-18-11)6-5-9-16-15(20)19(2)13-7-4-8-14(13)21-3/h10,13-14H,4-9H2,1-3H3,(H,16,20)(H,17,18). The lowest BCUT2D eigenvalue weighted by Gasteiger charge is -2.29. The quantitative estimate of drug-likeness (QED) is 0.794. The van der Waals surface area contributed by atoms with Crippen LogP contribution < -0.4 is 5.32 Å². The molecule has 0 saturated heterocycles. The van der Waals surface area contributed by atoms with Gasteiger partial charge in [0.05, 0.1) is 6.20 Å². The van der Waals surface area contributed by atoms with Crippen molar-refractivity contribution in [3.63, 3.8) is 0 Å². The van der Waals surface area contributed by atoms with Crippen molar-refractivity contribution in [1.82, 2.24) is 20.4 Å². The number of carbonyl (C=O) groups excluding carboxylic acids is 1. The second-order valence-electron chi connectivity index (χ2n) is 5.74. The SMILES string of the molecule is CSC1CCCC1N(C)C(=O)NCCCc1cn[nH]c1C. The predicted molar refractivity (Wildman–Crippen MR) is 87.7 cm³/mol. The number of amides is 2. The van der Waals surface area contributed by atoms with Crippen LogP contribution >= 0.6 is 11.8 Å². The van der Waals surface area contributed by atoms with Crippen molar-refractivity contribution in [2.45, 2.75) is 50.3 Å². The molecule has 1 aliphatic carbocycles. The van der Waals surface area contributed by atoms with Gasteiger partial charge in [-0.3, -0.25) is 5.10 Å². The Bertz CT molecular complexity index is 462. The Morgan fingerprint density at radius 2 is 2.38 bits per heavy atom. The lowest BCUT2D eigenvalue weighted by Crippen LogP contribution is -2.46. The van der Waals surface area contributed by atoms with E-state index < -0.39 is 0 Å². The van der Waals surface area contributed by atoms with Gasteiger partial charge in [-0.05, 0) is 44.4 Å². The number of hydrogen-bond donors (Lipinski definition) is 2. The number of aromatic nitrogens is 2. The smallest absolute Gasteiger partial charge is 0.317 e. The molecule has 118 valence electrons. The van der Waals surface area contributed by atoms with Crippen molar-refractivity contribution < 1.29 is 4.79 Å². The molecule has 21 heavy (non-hydrogen) atoms. The molecule has 6 heteroatoms. The highest BCUT2D eigenvalue weighted by Crippen LogP contribution is 2.31. The van der Waals surface area contributed by atoms with Crippen LogP contribution in [0.15, 0.2) is 6.20 Å². The van der Waals surface area contributed by atoms with Crippen LogP contribution in [0.25, 0.3) is 0 Å². The molecule has 2 rings (SSSR count). The summed E-state index contributed by atoms with van der Waals surface area (Å²) in [7, 11) is 1.93. The number of urea groups is 1. The highest BCUT2D eigenvalue weighted by atomic mass is 32.2. The number of aromatic amines is 1. The van der Waals surface area contributed by atoms with Crippen LogP contribution in [0.5, 0.6) is 0 Å². The van der Waals surface area contributed by atoms with Crippen molar-refractivity contribution in [3.8, 4) is 0 Å². The van der Waals surface area contributed by atoms with Crippen molar-refractivity contribution in [3.05, 3.63) is 17.5 Å². The molecule has 1 aliphatic rings. The second kappa shape index (κ2) is 7.73. The summed E-state index contributed by atoms with van der Waals surface area (Å²) in [4.78, 5) is 14.1. The summed E-state index contributed by atoms with van der Waals surface area (Å²) >= 11 is 1.88. The number of hydrogen-bond acceptors (Lipinski definition) is 3. The maximum Gasteiger partial charge on any atom is 0.317 e. The fourth-order valence-corrected chi connectivity index (χ4v) is 4.04. The van der Waals surface area contributed by atoms with E-state index in [2.05, 4.69) is 21.8 Å². The first kappa shape index (κ1) is 16.2. The van der Waals surface area contributed by atoms with E-state index in [4.69, 9.17) is 0 Å². The average Bonchev–Trinajstić information content (AvgIpc) is 3.11. The molecule has 0 aliphatic heterocycles. The van der Waals surface area contributed by atoms with Crippen LogP contribution in [0.2, 0.25) is 0 Å². The number of thioether (sulfide) groups is 1. The summed E-state index contributed by atoms with van der Waals surface area (Å²) in [5, 5.41) is 10.6. The van der Waals surface area contributed by atoms with E-state index >= 15 is 0 Å². The van der Waals surface area contributed by atoms with Crippen molar-refractivity contribution in [2.75, 3.05) is 19.8 Å². The summed E-state index contributed by atoms with van der Waals surface area (Å²) in [6.45, 7) is 2.74. The first-order valence-corrected chi connectivity index (χ1v) is 8.94. The van der Waals surface area contributed by atoms with Crippen molar-refractivity contribution >= 4 is 17.8 Å². The molecular weight excluding hydrogens is 284 g/mol. The Hall–Kier alpha value is -1.17. The Morgan fingerprint density at radius 1 is 1.57 bits per heavy atom. The van der Waals surface area contributed by atoms with Gasteiger partial charge in [0, 0.05) is 30.6 Å². The molecule has 2 unspecified atom stereocenters. The highest BCUT2D eigenvalue weighted by molar-refractivity contribution is 7.99. The van der Waals surface area contributed by atoms with Crippen molar-refractivity contribution in [1.29, 1.82) is 0 Å². The van der Waals surface area contributed by atoms with Gasteiger partial charge >= 0.3 is 6.03 Å². The lowest BCUT2D eigenvalue weighted by molar-refractivity contribution is 0.192. The lowest BCUT2D eigenvalue weighted by atomic mass is 10.1. The molecule has 5 nitrogen and oxygen atoms in total. The van der Waals surface area contributed by atoms with Crippen LogP contribution in [0.4, 0.5) is 4.79 Å². The molecule has 2 atom stereocenters. The topological polar surface area (TPSA) is 61.0 Å². The normalized spacial score (nSPS) is 21.5. The molecule has 0 spiro atoms. The minimum atomic E-state index is 0.0601. The predicted octanol–water partition coefficient (Wildman–Crippen LogP) is 2.58. The van der Waals surface area contributed by atoms with Gasteiger partial charge in [0.25, 0.3) is 0 Å². The van der Waals surface area contributed by atoms with Gasteiger partial charge in [-0.25, -0.2) is 4.79 Å². The third-order valence-electron chi connectivity index (χ3n) is 4.37. The molecule has 0 bridgehead atoms. The minimum absolute atomic E-state index is 0.0601. The zero-order valence-corrected chi connectivity index (χ0v) is 14.0. The number of H-pyrrole nitrogens is 1. The third-order valence-corrected chi connectivity index (χ3v) is 5.53. The van der Waals surface area contributed by atoms with Gasteiger partial charge in [-0.2, -0.15) is 16.9 Å². The number of carbonyl (C=O) groups is 1. The molecule has 0 aromatic carbocycles. The van der Waals surface area contributed by atoms with Gasteiger partial charge in [0.1, 0.15) is 0 Å². The first-order valence-electron chi connectivity index (χ1n) is 7.65. The zero-order valence-electron chi connectivity index (χ0n) is 13.2. The highest BCUT2D eigenvalue weighted by Gasteiger charge is 2.31. The first-order chi connectivity index (χ1) is 10.1. The summed E-state index contributed by atoms with van der Waals surface area (Å²) < 4.78 is 0. The molecule has 1 heterocycles. The molecule has 2 amide bonds. The Labute approximate surface area is 131 Å². The fraction of sp³-hybridized carbons (Fsp3) is 0.733. The molecule has 2 N–H and O–H groups in total.